The minimum absolute atomic E-state index is 0.189. The zero-order valence-corrected chi connectivity index (χ0v) is 21.5. The highest BCUT2D eigenvalue weighted by atomic mass is 35.5. The maximum atomic E-state index is 13.4. The van der Waals surface area contributed by atoms with Gasteiger partial charge in [-0.25, -0.2) is 15.0 Å². The van der Waals surface area contributed by atoms with Crippen LogP contribution in [0.4, 0.5) is 5.82 Å². The monoisotopic (exact) mass is 571 g/mol. The van der Waals surface area contributed by atoms with E-state index in [-0.39, 0.29) is 34.8 Å². The number of nitrogens with two attached hydrogens (primary N) is 1. The summed E-state index contributed by atoms with van der Waals surface area (Å²) < 4.78 is 32.9. The Hall–Kier alpha value is -2.23. The van der Waals surface area contributed by atoms with Crippen LogP contribution in [0.1, 0.15) is 45.4 Å². The van der Waals surface area contributed by atoms with Gasteiger partial charge >= 0.3 is 10.3 Å². The van der Waals surface area contributed by atoms with Crippen LogP contribution in [0.25, 0.3) is 0 Å². The van der Waals surface area contributed by atoms with Crippen molar-refractivity contribution in [3.8, 4) is 0 Å². The van der Waals surface area contributed by atoms with E-state index in [0.29, 0.717) is 26.9 Å². The van der Waals surface area contributed by atoms with Gasteiger partial charge in [0.05, 0.1) is 32.6 Å². The lowest BCUT2D eigenvalue weighted by Crippen LogP contribution is -2.27. The van der Waals surface area contributed by atoms with Crippen LogP contribution in [0.15, 0.2) is 36.8 Å². The van der Waals surface area contributed by atoms with Gasteiger partial charge in [-0.05, 0) is 31.0 Å². The van der Waals surface area contributed by atoms with Gasteiger partial charge in [0.1, 0.15) is 17.3 Å². The zero-order valence-electron chi connectivity index (χ0n) is 18.4. The van der Waals surface area contributed by atoms with Crippen LogP contribution < -0.4 is 15.8 Å². The molecule has 0 spiro atoms. The molecule has 0 saturated heterocycles. The molecule has 1 radical (unpaired) electrons. The summed E-state index contributed by atoms with van der Waals surface area (Å²) >= 11 is 13.4. The van der Waals surface area contributed by atoms with E-state index in [1.807, 2.05) is 4.72 Å². The maximum Gasteiger partial charge on any atom is 0.333 e. The Kier molecular flexibility index (Phi) is 8.22. The van der Waals surface area contributed by atoms with E-state index in [1.54, 1.807) is 24.3 Å². The molecule has 191 valence electrons. The van der Waals surface area contributed by atoms with Crippen LogP contribution in [0.2, 0.25) is 9.49 Å². The molecule has 1 fully saturated rings. The molecule has 4 atom stereocenters. The number of nitrogens with zero attached hydrogens (tertiary/aromatic N) is 3. The Morgan fingerprint density at radius 2 is 2.08 bits per heavy atom. The second-order valence-corrected chi connectivity index (χ2v) is 11.3. The van der Waals surface area contributed by atoms with Crippen molar-refractivity contribution in [3.05, 3.63) is 74.5 Å². The van der Waals surface area contributed by atoms with Crippen LogP contribution in [-0.4, -0.2) is 51.0 Å². The summed E-state index contributed by atoms with van der Waals surface area (Å²) in [5, 5.41) is 13.7. The van der Waals surface area contributed by atoms with Gasteiger partial charge in [0.15, 0.2) is 0 Å². The van der Waals surface area contributed by atoms with E-state index in [9.17, 15) is 18.3 Å². The smallest absolute Gasteiger partial charge is 0.333 e. The summed E-state index contributed by atoms with van der Waals surface area (Å²) in [4.78, 5) is 26.0. The van der Waals surface area contributed by atoms with E-state index in [2.05, 4.69) is 20.3 Å². The molecule has 3 aromatic heterocycles. The van der Waals surface area contributed by atoms with Crippen molar-refractivity contribution in [2.75, 3.05) is 5.32 Å². The lowest BCUT2D eigenvalue weighted by Gasteiger charge is -2.15. The summed E-state index contributed by atoms with van der Waals surface area (Å²) in [6, 6.07) is 5.65. The molecule has 0 amide bonds. The standard InChI is InChI=1S/C21H21Cl2N6O5S2/c22-17-3-1-2-14(29-17)18(24)12-6-16(35-20(12)23)19(31)13-8-25-9-26-21(13)28-11-4-10(15(30)5-11)7-27-36(32,33)34/h1-3,6-11,15,18,27,30H,4-5,24H2,(H,25,26,28)(H,32,33,34)/t10-,11-,15+,18-/m1/s1. The number of carbonyl (C=O) groups is 1. The van der Waals surface area contributed by atoms with Gasteiger partial charge in [-0.3, -0.25) is 9.35 Å². The van der Waals surface area contributed by atoms with Crippen LogP contribution in [0.5, 0.6) is 0 Å². The minimum atomic E-state index is -4.42. The van der Waals surface area contributed by atoms with Gasteiger partial charge in [0.2, 0.25) is 5.78 Å². The van der Waals surface area contributed by atoms with Gasteiger partial charge in [-0.2, -0.15) is 13.1 Å². The second-order valence-electron chi connectivity index (χ2n) is 8.12. The summed E-state index contributed by atoms with van der Waals surface area (Å²) in [5.41, 5.74) is 7.54. The number of rotatable bonds is 9. The molecule has 3 heterocycles. The topological polar surface area (TPSA) is 180 Å². The predicted molar refractivity (Wildman–Crippen MR) is 135 cm³/mol. The Bertz CT molecular complexity index is 1370. The number of hydrogen-bond donors (Lipinski definition) is 5. The van der Waals surface area contributed by atoms with E-state index in [4.69, 9.17) is 33.5 Å². The van der Waals surface area contributed by atoms with Gasteiger partial charge in [0, 0.05) is 30.3 Å². The SMILES string of the molecule is N[C@@H](c1cccc(Cl)n1)c1cc(C(=O)c2cncnc2N[C@H]2C[C@H](O)[C@@H]([CH]NS(=O)(=O)O)C2)sc1Cl. The molecule has 1 aliphatic carbocycles. The molecule has 36 heavy (non-hydrogen) atoms. The molecule has 1 aliphatic rings. The van der Waals surface area contributed by atoms with Crippen molar-refractivity contribution in [1.82, 2.24) is 19.7 Å². The highest BCUT2D eigenvalue weighted by Gasteiger charge is 2.34. The molecule has 4 rings (SSSR count). The fourth-order valence-corrected chi connectivity index (χ4v) is 5.74. The van der Waals surface area contributed by atoms with E-state index in [1.165, 1.54) is 12.5 Å². The van der Waals surface area contributed by atoms with Crippen LogP contribution in [0, 0.1) is 12.5 Å². The number of aliphatic hydroxyl groups is 1. The molecule has 0 aliphatic heterocycles. The summed E-state index contributed by atoms with van der Waals surface area (Å²) in [5.74, 6) is -0.676. The van der Waals surface area contributed by atoms with Gasteiger partial charge < -0.3 is 16.2 Å². The number of hydrogen-bond acceptors (Lipinski definition) is 10. The third-order valence-electron chi connectivity index (χ3n) is 5.63. The molecule has 15 heteroatoms. The van der Waals surface area contributed by atoms with Crippen molar-refractivity contribution in [1.29, 1.82) is 0 Å². The second kappa shape index (κ2) is 11.0. The molecule has 0 unspecified atom stereocenters. The van der Waals surface area contributed by atoms with Gasteiger partial charge in [0.25, 0.3) is 0 Å². The first kappa shape index (κ1) is 26.8. The fraction of sp³-hybridized carbons (Fsp3) is 0.286. The number of aliphatic hydroxyl groups excluding tert-OH is 1. The molecule has 0 aromatic carbocycles. The first-order chi connectivity index (χ1) is 17.0. The zero-order chi connectivity index (χ0) is 26.0. The number of thiophene rings is 1. The van der Waals surface area contributed by atoms with Crippen molar-refractivity contribution in [3.63, 3.8) is 0 Å². The summed E-state index contributed by atoms with van der Waals surface area (Å²) in [7, 11) is -4.42. The fourth-order valence-electron chi connectivity index (χ4n) is 3.92. The number of ketones is 1. The third kappa shape index (κ3) is 6.36. The predicted octanol–water partition coefficient (Wildman–Crippen LogP) is 2.62. The first-order valence-electron chi connectivity index (χ1n) is 10.6. The molecular weight excluding hydrogens is 551 g/mol. The Labute approximate surface area is 221 Å². The molecule has 6 N–H and O–H groups in total. The summed E-state index contributed by atoms with van der Waals surface area (Å²) in [6.07, 6.45) is 2.39. The van der Waals surface area contributed by atoms with Gasteiger partial charge in [-0.1, -0.05) is 29.3 Å². The molecule has 0 bridgehead atoms. The quantitative estimate of drug-likeness (QED) is 0.145. The Morgan fingerprint density at radius 1 is 1.31 bits per heavy atom. The van der Waals surface area contributed by atoms with E-state index < -0.39 is 28.4 Å². The largest absolute Gasteiger partial charge is 0.393 e. The highest BCUT2D eigenvalue weighted by molar-refractivity contribution is 7.83. The molecule has 3 aromatic rings. The van der Waals surface area contributed by atoms with Crippen molar-refractivity contribution < 1.29 is 22.9 Å². The minimum Gasteiger partial charge on any atom is -0.393 e. The molecule has 1 saturated carbocycles. The molecular formula is C21H21Cl2N6O5S2. The van der Waals surface area contributed by atoms with Crippen molar-refractivity contribution >= 4 is 56.4 Å². The number of nitrogens with one attached hydrogen (secondary N) is 2. The summed E-state index contributed by atoms with van der Waals surface area (Å²) in [6.45, 7) is 1.13. The highest BCUT2D eigenvalue weighted by Crippen LogP contribution is 2.36. The Balaban J connectivity index is 1.51. The van der Waals surface area contributed by atoms with Crippen LogP contribution in [0.3, 0.4) is 0 Å². The normalized spacial score (nSPS) is 20.9. The first-order valence-corrected chi connectivity index (χ1v) is 13.6. The average Bonchev–Trinajstić information content (AvgIpc) is 3.38. The lowest BCUT2D eigenvalue weighted by atomic mass is 10.1. The van der Waals surface area contributed by atoms with Gasteiger partial charge in [-0.15, -0.1) is 11.3 Å². The maximum absolute atomic E-state index is 13.4. The molecule has 11 nitrogen and oxygen atoms in total. The lowest BCUT2D eigenvalue weighted by molar-refractivity contribution is 0.104. The average molecular weight is 572 g/mol. The Morgan fingerprint density at radius 3 is 2.81 bits per heavy atom. The number of halogens is 2. The van der Waals surface area contributed by atoms with E-state index >= 15 is 0 Å². The van der Waals surface area contributed by atoms with Crippen LogP contribution >= 0.6 is 34.5 Å². The number of aromatic nitrogens is 3. The van der Waals surface area contributed by atoms with E-state index in [0.717, 1.165) is 17.9 Å². The number of pyridine rings is 1. The van der Waals surface area contributed by atoms with Crippen molar-refractivity contribution in [2.45, 2.75) is 31.0 Å². The third-order valence-corrected chi connectivity index (χ3v) is 7.67. The number of anilines is 1. The number of carbonyl (C=O) groups excluding carboxylic acids is 1. The van der Waals surface area contributed by atoms with Crippen LogP contribution in [-0.2, 0) is 10.3 Å². The van der Waals surface area contributed by atoms with Crippen molar-refractivity contribution in [2.24, 2.45) is 11.7 Å².